The van der Waals surface area contributed by atoms with Gasteiger partial charge >= 0.3 is 5.97 Å². The fraction of sp³-hybridized carbons (Fsp3) is 0.467. The molecule has 1 aliphatic carbocycles. The van der Waals surface area contributed by atoms with Gasteiger partial charge in [0.1, 0.15) is 0 Å². The van der Waals surface area contributed by atoms with E-state index in [0.717, 1.165) is 24.1 Å². The van der Waals surface area contributed by atoms with Gasteiger partial charge in [0.05, 0.1) is 6.42 Å². The first-order chi connectivity index (χ1) is 9.08. The summed E-state index contributed by atoms with van der Waals surface area (Å²) in [5.74, 6) is -0.334. The van der Waals surface area contributed by atoms with Crippen LogP contribution in [0.4, 0.5) is 5.69 Å². The molecule has 1 amide bonds. The minimum atomic E-state index is -0.877. The van der Waals surface area contributed by atoms with Crippen LogP contribution in [0, 0.1) is 12.8 Å². The van der Waals surface area contributed by atoms with E-state index in [0.29, 0.717) is 12.3 Å². The van der Waals surface area contributed by atoms with Gasteiger partial charge in [-0.25, -0.2) is 0 Å². The summed E-state index contributed by atoms with van der Waals surface area (Å²) in [5.41, 5.74) is 1.83. The summed E-state index contributed by atoms with van der Waals surface area (Å²) < 4.78 is 0. The lowest BCUT2D eigenvalue weighted by Gasteiger charge is -2.24. The highest BCUT2D eigenvalue weighted by atomic mass is 16.4. The summed E-state index contributed by atoms with van der Waals surface area (Å²) in [6.45, 7) is 2.18. The fourth-order valence-corrected chi connectivity index (χ4v) is 2.13. The molecular weight excluding hydrogens is 242 g/mol. The van der Waals surface area contributed by atoms with Crippen LogP contribution in [0.15, 0.2) is 24.3 Å². The van der Waals surface area contributed by atoms with Crippen LogP contribution in [0.2, 0.25) is 0 Å². The predicted molar refractivity (Wildman–Crippen MR) is 73.1 cm³/mol. The largest absolute Gasteiger partial charge is 0.481 e. The van der Waals surface area contributed by atoms with Gasteiger partial charge in [0.25, 0.3) is 0 Å². The maximum Gasteiger partial charge on any atom is 0.305 e. The molecule has 1 aromatic carbocycles. The van der Waals surface area contributed by atoms with Gasteiger partial charge in [0.2, 0.25) is 5.91 Å². The zero-order chi connectivity index (χ0) is 13.8. The summed E-state index contributed by atoms with van der Waals surface area (Å²) >= 11 is 0. The average Bonchev–Trinajstić information content (AvgIpc) is 3.15. The molecule has 1 aliphatic rings. The Morgan fingerprint density at radius 2 is 2.00 bits per heavy atom. The predicted octanol–water partition coefficient (Wildman–Crippen LogP) is 2.60. The molecule has 0 atom stereocenters. The van der Waals surface area contributed by atoms with Gasteiger partial charge in [-0.3, -0.25) is 9.59 Å². The first-order valence-electron chi connectivity index (χ1n) is 6.65. The molecule has 0 spiro atoms. The Morgan fingerprint density at radius 3 is 2.58 bits per heavy atom. The van der Waals surface area contributed by atoms with Crippen molar-refractivity contribution in [3.63, 3.8) is 0 Å². The number of aliphatic carboxylic acids is 1. The van der Waals surface area contributed by atoms with Gasteiger partial charge in [-0.1, -0.05) is 18.2 Å². The second-order valence-electron chi connectivity index (χ2n) is 5.12. The van der Waals surface area contributed by atoms with Gasteiger partial charge in [0, 0.05) is 18.7 Å². The van der Waals surface area contributed by atoms with Crippen molar-refractivity contribution in [2.75, 3.05) is 11.4 Å². The number of hydrogen-bond donors (Lipinski definition) is 1. The Kier molecular flexibility index (Phi) is 4.20. The maximum absolute atomic E-state index is 12.3. The number of carboxylic acid groups (broad SMARTS) is 1. The van der Waals surface area contributed by atoms with Crippen LogP contribution >= 0.6 is 0 Å². The van der Waals surface area contributed by atoms with Crippen molar-refractivity contribution in [1.82, 2.24) is 0 Å². The van der Waals surface area contributed by atoms with Crippen molar-refractivity contribution in [3.05, 3.63) is 29.8 Å². The summed E-state index contributed by atoms with van der Waals surface area (Å²) in [6.07, 6.45) is 2.75. The van der Waals surface area contributed by atoms with E-state index in [4.69, 9.17) is 5.11 Å². The maximum atomic E-state index is 12.3. The molecule has 0 bridgehead atoms. The third kappa shape index (κ3) is 3.81. The summed E-state index contributed by atoms with van der Waals surface area (Å²) in [6, 6.07) is 7.61. The molecule has 0 saturated heterocycles. The van der Waals surface area contributed by atoms with Gasteiger partial charge in [-0.2, -0.15) is 0 Å². The number of nitrogens with zero attached hydrogens (tertiary/aromatic N) is 1. The quantitative estimate of drug-likeness (QED) is 0.856. The first-order valence-corrected chi connectivity index (χ1v) is 6.65. The molecule has 1 aromatic rings. The molecule has 19 heavy (non-hydrogen) atoms. The Bertz CT molecular complexity index is 480. The van der Waals surface area contributed by atoms with Gasteiger partial charge in [0.15, 0.2) is 0 Å². The number of carbonyl (C=O) groups excluding carboxylic acids is 1. The number of rotatable bonds is 6. The minimum absolute atomic E-state index is 0.0231. The van der Waals surface area contributed by atoms with Crippen molar-refractivity contribution < 1.29 is 14.7 Å². The molecule has 102 valence electrons. The molecule has 4 nitrogen and oxygen atoms in total. The summed E-state index contributed by atoms with van der Waals surface area (Å²) in [7, 11) is 0. The Labute approximate surface area is 113 Å². The highest BCUT2D eigenvalue weighted by Gasteiger charge is 2.28. The van der Waals surface area contributed by atoms with E-state index >= 15 is 0 Å². The van der Waals surface area contributed by atoms with Crippen molar-refractivity contribution >= 4 is 17.6 Å². The zero-order valence-corrected chi connectivity index (χ0v) is 11.1. The highest BCUT2D eigenvalue weighted by molar-refractivity contribution is 5.94. The third-order valence-corrected chi connectivity index (χ3v) is 3.42. The number of aryl methyl sites for hydroxylation is 1. The molecule has 1 fully saturated rings. The van der Waals surface area contributed by atoms with Crippen molar-refractivity contribution in [3.8, 4) is 0 Å². The second kappa shape index (κ2) is 5.87. The Hall–Kier alpha value is -1.84. The SMILES string of the molecule is Cc1ccccc1N(CCC(=O)O)C(=O)CC1CC1. The summed E-state index contributed by atoms with van der Waals surface area (Å²) in [5, 5.41) is 8.82. The van der Waals surface area contributed by atoms with E-state index < -0.39 is 5.97 Å². The second-order valence-corrected chi connectivity index (χ2v) is 5.12. The highest BCUT2D eigenvalue weighted by Crippen LogP contribution is 2.34. The van der Waals surface area contributed by atoms with E-state index in [1.165, 1.54) is 0 Å². The summed E-state index contributed by atoms with van der Waals surface area (Å²) in [4.78, 5) is 24.7. The number of anilines is 1. The van der Waals surface area contributed by atoms with Crippen LogP contribution in [0.25, 0.3) is 0 Å². The number of carboxylic acids is 1. The number of carbonyl (C=O) groups is 2. The van der Waals surface area contributed by atoms with Crippen LogP contribution in [-0.4, -0.2) is 23.5 Å². The Morgan fingerprint density at radius 1 is 1.32 bits per heavy atom. The van der Waals surface area contributed by atoms with E-state index in [-0.39, 0.29) is 18.9 Å². The molecular formula is C15H19NO3. The number of amides is 1. The lowest BCUT2D eigenvalue weighted by atomic mass is 10.1. The topological polar surface area (TPSA) is 57.6 Å². The van der Waals surface area contributed by atoms with E-state index in [9.17, 15) is 9.59 Å². The normalized spacial score (nSPS) is 14.2. The van der Waals surface area contributed by atoms with E-state index in [2.05, 4.69) is 0 Å². The van der Waals surface area contributed by atoms with Crippen LogP contribution in [-0.2, 0) is 9.59 Å². The third-order valence-electron chi connectivity index (χ3n) is 3.42. The van der Waals surface area contributed by atoms with Crippen molar-refractivity contribution in [2.24, 2.45) is 5.92 Å². The molecule has 1 saturated carbocycles. The van der Waals surface area contributed by atoms with Gasteiger partial charge < -0.3 is 10.0 Å². The molecule has 2 rings (SSSR count). The van der Waals surface area contributed by atoms with Crippen molar-refractivity contribution in [2.45, 2.75) is 32.6 Å². The van der Waals surface area contributed by atoms with Crippen LogP contribution in [0.1, 0.15) is 31.2 Å². The van der Waals surface area contributed by atoms with Crippen LogP contribution in [0.3, 0.4) is 0 Å². The Balaban J connectivity index is 2.14. The molecule has 0 radical (unpaired) electrons. The van der Waals surface area contributed by atoms with Crippen molar-refractivity contribution in [1.29, 1.82) is 0 Å². The van der Waals surface area contributed by atoms with E-state index in [1.54, 1.807) is 4.90 Å². The smallest absolute Gasteiger partial charge is 0.305 e. The number of benzene rings is 1. The number of hydrogen-bond acceptors (Lipinski definition) is 2. The lowest BCUT2D eigenvalue weighted by Crippen LogP contribution is -2.33. The lowest BCUT2D eigenvalue weighted by molar-refractivity contribution is -0.136. The molecule has 1 N–H and O–H groups in total. The van der Waals surface area contributed by atoms with Crippen LogP contribution in [0.5, 0.6) is 0 Å². The minimum Gasteiger partial charge on any atom is -0.481 e. The fourth-order valence-electron chi connectivity index (χ4n) is 2.13. The van der Waals surface area contributed by atoms with E-state index in [1.807, 2.05) is 31.2 Å². The number of para-hydroxylation sites is 1. The molecule has 0 aliphatic heterocycles. The molecule has 4 heteroatoms. The monoisotopic (exact) mass is 261 g/mol. The molecule has 0 unspecified atom stereocenters. The average molecular weight is 261 g/mol. The van der Waals surface area contributed by atoms with Gasteiger partial charge in [-0.15, -0.1) is 0 Å². The first kappa shape index (κ1) is 13.6. The van der Waals surface area contributed by atoms with Crippen LogP contribution < -0.4 is 4.90 Å². The molecule has 0 heterocycles. The van der Waals surface area contributed by atoms with Gasteiger partial charge in [-0.05, 0) is 37.3 Å². The zero-order valence-electron chi connectivity index (χ0n) is 11.1. The molecule has 0 aromatic heterocycles. The standard InChI is InChI=1S/C15H19NO3/c1-11-4-2-3-5-13(11)16(9-8-15(18)19)14(17)10-12-6-7-12/h2-5,12H,6-10H2,1H3,(H,18,19).